The first-order chi connectivity index (χ1) is 10.1. The molecule has 0 aromatic heterocycles. The molecule has 1 unspecified atom stereocenters. The Morgan fingerprint density at radius 1 is 1.29 bits per heavy atom. The molecule has 1 atom stereocenters. The van der Waals surface area contributed by atoms with Gasteiger partial charge in [-0.25, -0.2) is 4.79 Å². The molecule has 1 heterocycles. The van der Waals surface area contributed by atoms with E-state index in [-0.39, 0.29) is 11.6 Å². The fraction of sp³-hybridized carbons (Fsp3) is 0.188. The summed E-state index contributed by atoms with van der Waals surface area (Å²) in [5.41, 5.74) is 2.14. The van der Waals surface area contributed by atoms with Crippen LogP contribution in [0, 0.1) is 0 Å². The summed E-state index contributed by atoms with van der Waals surface area (Å²) in [7, 11) is 0. The number of aromatic carboxylic acids is 1. The fourth-order valence-electron chi connectivity index (χ4n) is 2.49. The number of para-hydroxylation sites is 1. The van der Waals surface area contributed by atoms with Gasteiger partial charge in [0.1, 0.15) is 5.75 Å². The molecule has 108 valence electrons. The molecule has 0 radical (unpaired) electrons. The Balaban J connectivity index is 1.90. The van der Waals surface area contributed by atoms with Crippen molar-refractivity contribution in [1.29, 1.82) is 0 Å². The van der Waals surface area contributed by atoms with E-state index in [0.717, 1.165) is 27.9 Å². The standard InChI is InChI=1S/C16H14BrNO3/c17-11-7-10(16(19)20)8-12(9-11)18-14-5-6-21-15-4-2-1-3-13(14)15/h1-4,7-9,14,18H,5-6H2,(H,19,20). The third kappa shape index (κ3) is 3.03. The predicted octanol–water partition coefficient (Wildman–Crippen LogP) is 4.08. The number of carboxylic acid groups (broad SMARTS) is 1. The van der Waals surface area contributed by atoms with Gasteiger partial charge in [-0.3, -0.25) is 0 Å². The van der Waals surface area contributed by atoms with Crippen molar-refractivity contribution in [2.45, 2.75) is 12.5 Å². The minimum absolute atomic E-state index is 0.117. The van der Waals surface area contributed by atoms with Gasteiger partial charge in [0.05, 0.1) is 18.2 Å². The van der Waals surface area contributed by atoms with Crippen LogP contribution in [0.2, 0.25) is 0 Å². The highest BCUT2D eigenvalue weighted by atomic mass is 79.9. The molecular formula is C16H14BrNO3. The van der Waals surface area contributed by atoms with Crippen LogP contribution in [-0.2, 0) is 0 Å². The molecule has 0 fully saturated rings. The summed E-state index contributed by atoms with van der Waals surface area (Å²) in [5, 5.41) is 12.5. The highest BCUT2D eigenvalue weighted by molar-refractivity contribution is 9.10. The zero-order valence-electron chi connectivity index (χ0n) is 11.2. The maximum atomic E-state index is 11.1. The number of benzene rings is 2. The molecule has 2 N–H and O–H groups in total. The van der Waals surface area contributed by atoms with E-state index in [9.17, 15) is 4.79 Å². The van der Waals surface area contributed by atoms with Gasteiger partial charge in [-0.15, -0.1) is 0 Å². The van der Waals surface area contributed by atoms with E-state index in [1.807, 2.05) is 30.3 Å². The Morgan fingerprint density at radius 2 is 2.10 bits per heavy atom. The Morgan fingerprint density at radius 3 is 2.90 bits per heavy atom. The SMILES string of the molecule is O=C(O)c1cc(Br)cc(NC2CCOc3ccccc32)c1. The zero-order valence-corrected chi connectivity index (χ0v) is 12.8. The van der Waals surface area contributed by atoms with Crippen molar-refractivity contribution in [3.8, 4) is 5.75 Å². The lowest BCUT2D eigenvalue weighted by atomic mass is 10.00. The Kier molecular flexibility index (Phi) is 3.84. The molecule has 0 aliphatic carbocycles. The molecule has 1 aliphatic rings. The van der Waals surface area contributed by atoms with Crippen molar-refractivity contribution in [2.24, 2.45) is 0 Å². The van der Waals surface area contributed by atoms with Crippen molar-refractivity contribution in [2.75, 3.05) is 11.9 Å². The second-order valence-corrected chi connectivity index (χ2v) is 5.82. The summed E-state index contributed by atoms with van der Waals surface area (Å²) in [5.74, 6) is -0.0542. The van der Waals surface area contributed by atoms with Gasteiger partial charge in [0, 0.05) is 22.1 Å². The first-order valence-corrected chi connectivity index (χ1v) is 7.45. The first-order valence-electron chi connectivity index (χ1n) is 6.65. The number of carboxylic acids is 1. The van der Waals surface area contributed by atoms with Crippen LogP contribution < -0.4 is 10.1 Å². The van der Waals surface area contributed by atoms with Crippen LogP contribution in [0.3, 0.4) is 0 Å². The van der Waals surface area contributed by atoms with E-state index in [0.29, 0.717) is 6.61 Å². The lowest BCUT2D eigenvalue weighted by molar-refractivity contribution is 0.0697. The molecule has 3 rings (SSSR count). The second kappa shape index (κ2) is 5.77. The smallest absolute Gasteiger partial charge is 0.335 e. The largest absolute Gasteiger partial charge is 0.493 e. The molecule has 5 heteroatoms. The monoisotopic (exact) mass is 347 g/mol. The summed E-state index contributed by atoms with van der Waals surface area (Å²) in [6.45, 7) is 0.647. The van der Waals surface area contributed by atoms with Crippen LogP contribution in [-0.4, -0.2) is 17.7 Å². The topological polar surface area (TPSA) is 58.6 Å². The van der Waals surface area contributed by atoms with Gasteiger partial charge in [0.15, 0.2) is 0 Å². The molecule has 0 spiro atoms. The molecule has 2 aromatic carbocycles. The lowest BCUT2D eigenvalue weighted by Gasteiger charge is -2.27. The van der Waals surface area contributed by atoms with Crippen LogP contribution in [0.1, 0.15) is 28.4 Å². The molecule has 0 amide bonds. The number of hydrogen-bond acceptors (Lipinski definition) is 3. The van der Waals surface area contributed by atoms with Crippen molar-refractivity contribution in [1.82, 2.24) is 0 Å². The molecule has 0 bridgehead atoms. The van der Waals surface area contributed by atoms with E-state index in [2.05, 4.69) is 21.2 Å². The average molecular weight is 348 g/mol. The van der Waals surface area contributed by atoms with E-state index in [1.54, 1.807) is 12.1 Å². The zero-order chi connectivity index (χ0) is 14.8. The normalized spacial score (nSPS) is 16.7. The van der Waals surface area contributed by atoms with Gasteiger partial charge >= 0.3 is 5.97 Å². The van der Waals surface area contributed by atoms with E-state index < -0.39 is 5.97 Å². The van der Waals surface area contributed by atoms with Crippen molar-refractivity contribution >= 4 is 27.6 Å². The number of fused-ring (bicyclic) bond motifs is 1. The van der Waals surface area contributed by atoms with Gasteiger partial charge in [0.2, 0.25) is 0 Å². The number of anilines is 1. The minimum atomic E-state index is -0.938. The first kappa shape index (κ1) is 13.9. The quantitative estimate of drug-likeness (QED) is 0.878. The average Bonchev–Trinajstić information content (AvgIpc) is 2.47. The molecule has 4 nitrogen and oxygen atoms in total. The highest BCUT2D eigenvalue weighted by Crippen LogP contribution is 2.34. The molecule has 1 aliphatic heterocycles. The molecule has 2 aromatic rings. The number of rotatable bonds is 3. The van der Waals surface area contributed by atoms with Crippen molar-refractivity contribution in [3.63, 3.8) is 0 Å². The van der Waals surface area contributed by atoms with Gasteiger partial charge in [0.25, 0.3) is 0 Å². The summed E-state index contributed by atoms with van der Waals surface area (Å²) in [6.07, 6.45) is 0.839. The van der Waals surface area contributed by atoms with Gasteiger partial charge < -0.3 is 15.2 Å². The molecule has 0 saturated carbocycles. The molecule has 0 saturated heterocycles. The fourth-order valence-corrected chi connectivity index (χ4v) is 2.98. The Hall–Kier alpha value is -2.01. The lowest BCUT2D eigenvalue weighted by Crippen LogP contribution is -2.20. The summed E-state index contributed by atoms with van der Waals surface area (Å²) >= 11 is 3.35. The van der Waals surface area contributed by atoms with Crippen molar-refractivity contribution in [3.05, 3.63) is 58.1 Å². The molecule has 21 heavy (non-hydrogen) atoms. The highest BCUT2D eigenvalue weighted by Gasteiger charge is 2.21. The number of ether oxygens (including phenoxy) is 1. The van der Waals surface area contributed by atoms with Crippen LogP contribution >= 0.6 is 15.9 Å². The van der Waals surface area contributed by atoms with Gasteiger partial charge in [-0.05, 0) is 24.3 Å². The van der Waals surface area contributed by atoms with E-state index in [4.69, 9.17) is 9.84 Å². The molecular weight excluding hydrogens is 334 g/mol. The summed E-state index contributed by atoms with van der Waals surface area (Å²) in [6, 6.07) is 13.1. The van der Waals surface area contributed by atoms with Crippen LogP contribution in [0.4, 0.5) is 5.69 Å². The Labute approximate surface area is 130 Å². The van der Waals surface area contributed by atoms with Crippen LogP contribution in [0.25, 0.3) is 0 Å². The van der Waals surface area contributed by atoms with Gasteiger partial charge in [-0.1, -0.05) is 34.1 Å². The van der Waals surface area contributed by atoms with Crippen molar-refractivity contribution < 1.29 is 14.6 Å². The third-order valence-corrected chi connectivity index (χ3v) is 3.90. The van der Waals surface area contributed by atoms with E-state index >= 15 is 0 Å². The minimum Gasteiger partial charge on any atom is -0.493 e. The van der Waals surface area contributed by atoms with Crippen LogP contribution in [0.5, 0.6) is 5.75 Å². The number of hydrogen-bond donors (Lipinski definition) is 2. The number of halogens is 1. The maximum Gasteiger partial charge on any atom is 0.335 e. The summed E-state index contributed by atoms with van der Waals surface area (Å²) < 4.78 is 6.37. The number of nitrogens with one attached hydrogen (secondary N) is 1. The summed E-state index contributed by atoms with van der Waals surface area (Å²) in [4.78, 5) is 11.1. The maximum absolute atomic E-state index is 11.1. The second-order valence-electron chi connectivity index (χ2n) is 4.91. The van der Waals surface area contributed by atoms with Gasteiger partial charge in [-0.2, -0.15) is 0 Å². The van der Waals surface area contributed by atoms with E-state index in [1.165, 1.54) is 0 Å². The van der Waals surface area contributed by atoms with Crippen LogP contribution in [0.15, 0.2) is 46.9 Å². The predicted molar refractivity (Wildman–Crippen MR) is 84.0 cm³/mol. The number of carbonyl (C=O) groups is 1. The third-order valence-electron chi connectivity index (χ3n) is 3.44. The Bertz CT molecular complexity index is 687.